The number of thioether (sulfide) groups is 1. The largest absolute Gasteiger partial charge is 0.307 e. The molecule has 0 fully saturated rings. The van der Waals surface area contributed by atoms with Crippen molar-refractivity contribution in [3.63, 3.8) is 0 Å². The molecular formula is C22H18FN5OS. The molecule has 0 N–H and O–H groups in total. The zero-order valence-corrected chi connectivity index (χ0v) is 16.7. The van der Waals surface area contributed by atoms with Gasteiger partial charge in [-0.3, -0.25) is 4.79 Å². The van der Waals surface area contributed by atoms with Crippen LogP contribution in [0.2, 0.25) is 0 Å². The Labute approximate surface area is 177 Å². The van der Waals surface area contributed by atoms with Gasteiger partial charge in [0.25, 0.3) is 0 Å². The van der Waals surface area contributed by atoms with Crippen LogP contribution >= 0.6 is 11.8 Å². The lowest BCUT2D eigenvalue weighted by Crippen LogP contribution is -2.32. The molecule has 1 heterocycles. The van der Waals surface area contributed by atoms with Crippen molar-refractivity contribution in [1.29, 1.82) is 0 Å². The van der Waals surface area contributed by atoms with Crippen LogP contribution in [0.5, 0.6) is 0 Å². The quantitative estimate of drug-likeness (QED) is 0.422. The fourth-order valence-corrected chi connectivity index (χ4v) is 3.71. The summed E-state index contributed by atoms with van der Waals surface area (Å²) in [4.78, 5) is 14.8. The predicted octanol–water partition coefficient (Wildman–Crippen LogP) is 4.13. The van der Waals surface area contributed by atoms with E-state index in [9.17, 15) is 9.18 Å². The molecule has 0 bridgehead atoms. The average Bonchev–Trinajstić information content (AvgIpc) is 3.26. The van der Waals surface area contributed by atoms with E-state index in [1.807, 2.05) is 60.7 Å². The van der Waals surface area contributed by atoms with Gasteiger partial charge in [0.2, 0.25) is 11.1 Å². The van der Waals surface area contributed by atoms with Gasteiger partial charge in [-0.1, -0.05) is 66.4 Å². The Morgan fingerprint density at radius 2 is 1.70 bits per heavy atom. The second-order valence-electron chi connectivity index (χ2n) is 6.44. The van der Waals surface area contributed by atoms with E-state index in [4.69, 9.17) is 0 Å². The normalized spacial score (nSPS) is 10.7. The van der Waals surface area contributed by atoms with E-state index in [1.165, 1.54) is 28.6 Å². The van der Waals surface area contributed by atoms with Crippen molar-refractivity contribution in [3.8, 4) is 5.69 Å². The molecule has 4 rings (SSSR count). The first kappa shape index (κ1) is 19.8. The number of halogens is 1. The van der Waals surface area contributed by atoms with Gasteiger partial charge < -0.3 is 4.90 Å². The van der Waals surface area contributed by atoms with Gasteiger partial charge in [-0.15, -0.1) is 5.10 Å². The maximum Gasteiger partial charge on any atom is 0.237 e. The molecule has 0 aliphatic heterocycles. The van der Waals surface area contributed by atoms with Crippen molar-refractivity contribution in [2.24, 2.45) is 0 Å². The van der Waals surface area contributed by atoms with Crippen molar-refractivity contribution >= 4 is 23.4 Å². The molecular weight excluding hydrogens is 401 g/mol. The number of carbonyl (C=O) groups excluding carboxylic acids is 1. The molecule has 150 valence electrons. The van der Waals surface area contributed by atoms with Crippen LogP contribution in [-0.4, -0.2) is 31.9 Å². The molecule has 4 aromatic rings. The lowest BCUT2D eigenvalue weighted by Gasteiger charge is -2.23. The van der Waals surface area contributed by atoms with Crippen LogP contribution in [0.3, 0.4) is 0 Å². The monoisotopic (exact) mass is 419 g/mol. The van der Waals surface area contributed by atoms with Crippen molar-refractivity contribution in [2.45, 2.75) is 11.7 Å². The number of tetrazole rings is 1. The molecule has 0 aliphatic carbocycles. The average molecular weight is 419 g/mol. The van der Waals surface area contributed by atoms with Gasteiger partial charge >= 0.3 is 0 Å². The molecule has 1 aromatic heterocycles. The zero-order valence-electron chi connectivity index (χ0n) is 15.9. The van der Waals surface area contributed by atoms with Crippen molar-refractivity contribution in [2.75, 3.05) is 10.7 Å². The number of para-hydroxylation sites is 1. The summed E-state index contributed by atoms with van der Waals surface area (Å²) in [6.07, 6.45) is 0. The van der Waals surface area contributed by atoms with E-state index in [-0.39, 0.29) is 17.5 Å². The third-order valence-electron chi connectivity index (χ3n) is 4.37. The van der Waals surface area contributed by atoms with E-state index >= 15 is 0 Å². The van der Waals surface area contributed by atoms with E-state index < -0.39 is 0 Å². The van der Waals surface area contributed by atoms with E-state index in [1.54, 1.807) is 17.0 Å². The maximum atomic E-state index is 13.6. The van der Waals surface area contributed by atoms with Crippen molar-refractivity contribution < 1.29 is 9.18 Å². The fraction of sp³-hybridized carbons (Fsp3) is 0.0909. The first-order valence-electron chi connectivity index (χ1n) is 9.27. The van der Waals surface area contributed by atoms with Gasteiger partial charge in [-0.25, -0.2) is 4.39 Å². The molecule has 0 aliphatic rings. The van der Waals surface area contributed by atoms with Gasteiger partial charge in [0.05, 0.1) is 18.0 Å². The third kappa shape index (κ3) is 4.72. The second kappa shape index (κ2) is 9.32. The number of hydrogen-bond acceptors (Lipinski definition) is 5. The third-order valence-corrected chi connectivity index (χ3v) is 5.27. The number of aromatic nitrogens is 4. The van der Waals surface area contributed by atoms with Crippen LogP contribution in [0.15, 0.2) is 90.1 Å². The summed E-state index contributed by atoms with van der Waals surface area (Å²) in [7, 11) is 0. The maximum absolute atomic E-state index is 13.6. The van der Waals surface area contributed by atoms with Gasteiger partial charge in [-0.05, 0) is 46.3 Å². The molecule has 0 spiro atoms. The highest BCUT2D eigenvalue weighted by molar-refractivity contribution is 7.99. The number of benzene rings is 3. The number of anilines is 1. The smallest absolute Gasteiger partial charge is 0.237 e. The van der Waals surface area contributed by atoms with Crippen molar-refractivity contribution in [3.05, 3.63) is 96.3 Å². The van der Waals surface area contributed by atoms with Crippen LogP contribution in [0, 0.1) is 5.82 Å². The first-order chi connectivity index (χ1) is 14.7. The molecule has 1 amide bonds. The number of amides is 1. The molecule has 0 unspecified atom stereocenters. The molecule has 8 heteroatoms. The predicted molar refractivity (Wildman–Crippen MR) is 114 cm³/mol. The summed E-state index contributed by atoms with van der Waals surface area (Å²) >= 11 is 1.21. The fourth-order valence-electron chi connectivity index (χ4n) is 2.94. The molecule has 0 saturated heterocycles. The lowest BCUT2D eigenvalue weighted by atomic mass is 10.2. The topological polar surface area (TPSA) is 63.9 Å². The van der Waals surface area contributed by atoms with Crippen LogP contribution < -0.4 is 4.90 Å². The van der Waals surface area contributed by atoms with Crippen LogP contribution in [-0.2, 0) is 11.3 Å². The number of nitrogens with zero attached hydrogens (tertiary/aromatic N) is 5. The zero-order chi connectivity index (χ0) is 20.8. The summed E-state index contributed by atoms with van der Waals surface area (Å²) in [5.74, 6) is -0.325. The Bertz CT molecular complexity index is 1120. The summed E-state index contributed by atoms with van der Waals surface area (Å²) < 4.78 is 15.0. The first-order valence-corrected chi connectivity index (χ1v) is 10.3. The van der Waals surface area contributed by atoms with Crippen LogP contribution in [0.4, 0.5) is 10.1 Å². The Hall–Kier alpha value is -3.52. The summed E-state index contributed by atoms with van der Waals surface area (Å²) in [6.45, 7) is 0.457. The Morgan fingerprint density at radius 1 is 0.967 bits per heavy atom. The van der Waals surface area contributed by atoms with E-state index in [2.05, 4.69) is 15.5 Å². The highest BCUT2D eigenvalue weighted by Crippen LogP contribution is 2.22. The summed E-state index contributed by atoms with van der Waals surface area (Å²) in [6, 6.07) is 25.3. The minimum absolute atomic E-state index is 0.0798. The minimum atomic E-state index is -0.381. The van der Waals surface area contributed by atoms with Crippen molar-refractivity contribution in [1.82, 2.24) is 20.2 Å². The van der Waals surface area contributed by atoms with Gasteiger partial charge in [0.1, 0.15) is 5.82 Å². The Balaban J connectivity index is 1.52. The Morgan fingerprint density at radius 3 is 2.43 bits per heavy atom. The highest BCUT2D eigenvalue weighted by Gasteiger charge is 2.19. The highest BCUT2D eigenvalue weighted by atomic mass is 32.2. The molecule has 30 heavy (non-hydrogen) atoms. The number of carbonyl (C=O) groups is 1. The van der Waals surface area contributed by atoms with Gasteiger partial charge in [0, 0.05) is 5.69 Å². The minimum Gasteiger partial charge on any atom is -0.307 e. The standard InChI is InChI=1S/C22H18FN5OS/c23-18-10-7-13-20(14-18)28-22(24-25-26-28)30-16-21(29)27(19-11-5-2-6-12-19)15-17-8-3-1-4-9-17/h1-14H,15-16H2. The molecule has 0 saturated carbocycles. The molecule has 0 radical (unpaired) electrons. The summed E-state index contributed by atoms with van der Waals surface area (Å²) in [5.41, 5.74) is 2.35. The number of hydrogen-bond donors (Lipinski definition) is 0. The van der Waals surface area contributed by atoms with Gasteiger partial charge in [-0.2, -0.15) is 4.68 Å². The Kier molecular flexibility index (Phi) is 6.14. The van der Waals surface area contributed by atoms with Gasteiger partial charge in [0.15, 0.2) is 0 Å². The SMILES string of the molecule is O=C(CSc1nnnn1-c1cccc(F)c1)N(Cc1ccccc1)c1ccccc1. The molecule has 3 aromatic carbocycles. The van der Waals surface area contributed by atoms with E-state index in [0.717, 1.165) is 11.3 Å². The molecule has 0 atom stereocenters. The summed E-state index contributed by atoms with van der Waals surface area (Å²) in [5, 5.41) is 12.0. The number of rotatable bonds is 7. The lowest BCUT2D eigenvalue weighted by molar-refractivity contribution is -0.116. The second-order valence-corrected chi connectivity index (χ2v) is 7.39. The van der Waals surface area contributed by atoms with Crippen LogP contribution in [0.1, 0.15) is 5.56 Å². The van der Waals surface area contributed by atoms with E-state index in [0.29, 0.717) is 17.4 Å². The van der Waals surface area contributed by atoms with Crippen LogP contribution in [0.25, 0.3) is 5.69 Å². The molecule has 6 nitrogen and oxygen atoms in total.